The predicted octanol–water partition coefficient (Wildman–Crippen LogP) is 3.55. The van der Waals surface area contributed by atoms with Crippen LogP contribution in [0.25, 0.3) is 0 Å². The quantitative estimate of drug-likeness (QED) is 0.779. The maximum atomic E-state index is 13.0. The van der Waals surface area contributed by atoms with Gasteiger partial charge in [0.05, 0.1) is 6.04 Å². The normalized spacial score (nSPS) is 26.4. The number of hydrogen-bond acceptors (Lipinski definition) is 1. The topological polar surface area (TPSA) is 3.24 Å². The van der Waals surface area contributed by atoms with Gasteiger partial charge in [-0.25, -0.2) is 8.78 Å². The van der Waals surface area contributed by atoms with Crippen molar-refractivity contribution in [1.82, 2.24) is 4.90 Å². The number of benzene rings is 1. The van der Waals surface area contributed by atoms with Gasteiger partial charge >= 0.3 is 0 Å². The standard InChI is InChI=1S/C14H19F2N/c1-11-7-8-13(14(15)16)17(9-11)10-12-5-3-2-4-6-12/h2-6,11,13-14H,7-10H2,1H3/t11-,13-/m1/s1. The van der Waals surface area contributed by atoms with E-state index in [1.54, 1.807) is 0 Å². The highest BCUT2D eigenvalue weighted by Crippen LogP contribution is 2.27. The Kier molecular flexibility index (Phi) is 4.11. The second-order valence-corrected chi connectivity index (χ2v) is 5.00. The van der Waals surface area contributed by atoms with E-state index < -0.39 is 12.5 Å². The Labute approximate surface area is 101 Å². The lowest BCUT2D eigenvalue weighted by molar-refractivity contribution is -0.0125. The Bertz CT molecular complexity index is 339. The summed E-state index contributed by atoms with van der Waals surface area (Å²) in [6, 6.07) is 9.31. The van der Waals surface area contributed by atoms with Gasteiger partial charge in [0.1, 0.15) is 0 Å². The largest absolute Gasteiger partial charge is 0.290 e. The summed E-state index contributed by atoms with van der Waals surface area (Å²) in [5.41, 5.74) is 1.12. The molecule has 0 aliphatic carbocycles. The Balaban J connectivity index is 2.05. The fourth-order valence-electron chi connectivity index (χ4n) is 2.55. The number of rotatable bonds is 3. The van der Waals surface area contributed by atoms with Crippen LogP contribution in [0.1, 0.15) is 25.3 Å². The smallest absolute Gasteiger partial charge is 0.253 e. The zero-order valence-electron chi connectivity index (χ0n) is 10.2. The number of piperidine rings is 1. The molecule has 1 aromatic carbocycles. The molecule has 3 heteroatoms. The SMILES string of the molecule is C[C@@H]1CC[C@H](C(F)F)N(Cc2ccccc2)C1. The summed E-state index contributed by atoms with van der Waals surface area (Å²) in [7, 11) is 0. The maximum Gasteiger partial charge on any atom is 0.253 e. The van der Waals surface area contributed by atoms with Crippen LogP contribution in [0, 0.1) is 5.92 Å². The average Bonchev–Trinajstić information content (AvgIpc) is 2.30. The first-order chi connectivity index (χ1) is 8.16. The van der Waals surface area contributed by atoms with Crippen molar-refractivity contribution in [2.45, 2.75) is 38.8 Å². The van der Waals surface area contributed by atoms with Crippen molar-refractivity contribution < 1.29 is 8.78 Å². The van der Waals surface area contributed by atoms with Crippen molar-refractivity contribution >= 4 is 0 Å². The van der Waals surface area contributed by atoms with Gasteiger partial charge in [0.15, 0.2) is 0 Å². The molecule has 1 saturated heterocycles. The van der Waals surface area contributed by atoms with Gasteiger partial charge in [0.2, 0.25) is 0 Å². The number of hydrogen-bond donors (Lipinski definition) is 0. The third-order valence-electron chi connectivity index (χ3n) is 3.49. The zero-order valence-corrected chi connectivity index (χ0v) is 10.2. The third-order valence-corrected chi connectivity index (χ3v) is 3.49. The minimum Gasteiger partial charge on any atom is -0.290 e. The summed E-state index contributed by atoms with van der Waals surface area (Å²) in [5, 5.41) is 0. The summed E-state index contributed by atoms with van der Waals surface area (Å²) in [6.45, 7) is 3.56. The summed E-state index contributed by atoms with van der Waals surface area (Å²) in [4.78, 5) is 1.94. The van der Waals surface area contributed by atoms with E-state index in [2.05, 4.69) is 6.92 Å². The summed E-state index contributed by atoms with van der Waals surface area (Å²) in [6.07, 6.45) is -0.697. The van der Waals surface area contributed by atoms with Crippen LogP contribution in [0.2, 0.25) is 0 Å². The highest BCUT2D eigenvalue weighted by Gasteiger charge is 2.32. The molecule has 94 valence electrons. The van der Waals surface area contributed by atoms with Gasteiger partial charge in [-0.1, -0.05) is 37.3 Å². The Morgan fingerprint density at radius 1 is 1.24 bits per heavy atom. The highest BCUT2D eigenvalue weighted by atomic mass is 19.3. The van der Waals surface area contributed by atoms with Crippen LogP contribution in [0.5, 0.6) is 0 Å². The van der Waals surface area contributed by atoms with Gasteiger partial charge in [0.25, 0.3) is 6.43 Å². The van der Waals surface area contributed by atoms with E-state index in [1.807, 2.05) is 35.2 Å². The number of alkyl halides is 2. The van der Waals surface area contributed by atoms with Crippen molar-refractivity contribution in [3.8, 4) is 0 Å². The van der Waals surface area contributed by atoms with Crippen LogP contribution in [0.4, 0.5) is 8.78 Å². The van der Waals surface area contributed by atoms with E-state index in [4.69, 9.17) is 0 Å². The molecule has 1 aliphatic heterocycles. The molecule has 0 spiro atoms. The molecule has 0 amide bonds. The molecule has 2 rings (SSSR count). The molecule has 1 aromatic rings. The molecular weight excluding hydrogens is 220 g/mol. The molecule has 17 heavy (non-hydrogen) atoms. The molecule has 1 fully saturated rings. The first kappa shape index (κ1) is 12.5. The van der Waals surface area contributed by atoms with Crippen LogP contribution in [-0.4, -0.2) is 23.9 Å². The molecule has 1 aliphatic rings. The van der Waals surface area contributed by atoms with E-state index in [1.165, 1.54) is 0 Å². The molecule has 0 unspecified atom stereocenters. The van der Waals surface area contributed by atoms with Gasteiger partial charge < -0.3 is 0 Å². The van der Waals surface area contributed by atoms with Crippen molar-refractivity contribution in [2.75, 3.05) is 6.54 Å². The van der Waals surface area contributed by atoms with E-state index >= 15 is 0 Å². The second-order valence-electron chi connectivity index (χ2n) is 5.00. The van der Waals surface area contributed by atoms with Gasteiger partial charge in [0, 0.05) is 13.1 Å². The Morgan fingerprint density at radius 2 is 1.94 bits per heavy atom. The van der Waals surface area contributed by atoms with Crippen molar-refractivity contribution in [2.24, 2.45) is 5.92 Å². The van der Waals surface area contributed by atoms with Crippen LogP contribution in [-0.2, 0) is 6.54 Å². The number of halogens is 2. The first-order valence-electron chi connectivity index (χ1n) is 6.23. The summed E-state index contributed by atoms with van der Waals surface area (Å²) < 4.78 is 25.9. The predicted molar refractivity (Wildman–Crippen MR) is 65.0 cm³/mol. The fourth-order valence-corrected chi connectivity index (χ4v) is 2.55. The minimum absolute atomic E-state index is 0.522. The molecule has 0 bridgehead atoms. The first-order valence-corrected chi connectivity index (χ1v) is 6.23. The van der Waals surface area contributed by atoms with Crippen LogP contribution >= 0.6 is 0 Å². The van der Waals surface area contributed by atoms with E-state index in [0.29, 0.717) is 18.9 Å². The average molecular weight is 239 g/mol. The second kappa shape index (κ2) is 5.58. The van der Waals surface area contributed by atoms with Crippen molar-refractivity contribution in [3.63, 3.8) is 0 Å². The lowest BCUT2D eigenvalue weighted by Gasteiger charge is -2.38. The lowest BCUT2D eigenvalue weighted by Crippen LogP contribution is -2.46. The van der Waals surface area contributed by atoms with Crippen molar-refractivity contribution in [3.05, 3.63) is 35.9 Å². The summed E-state index contributed by atoms with van der Waals surface area (Å²) >= 11 is 0. The van der Waals surface area contributed by atoms with Gasteiger partial charge in [-0.15, -0.1) is 0 Å². The molecule has 0 radical (unpaired) electrons. The van der Waals surface area contributed by atoms with Gasteiger partial charge in [-0.2, -0.15) is 0 Å². The maximum absolute atomic E-state index is 13.0. The van der Waals surface area contributed by atoms with Crippen LogP contribution in [0.15, 0.2) is 30.3 Å². The zero-order chi connectivity index (χ0) is 12.3. The summed E-state index contributed by atoms with van der Waals surface area (Å²) in [5.74, 6) is 0.522. The molecule has 1 heterocycles. The molecule has 0 N–H and O–H groups in total. The van der Waals surface area contributed by atoms with Crippen LogP contribution in [0.3, 0.4) is 0 Å². The van der Waals surface area contributed by atoms with E-state index in [0.717, 1.165) is 18.5 Å². The fraction of sp³-hybridized carbons (Fsp3) is 0.571. The number of nitrogens with zero attached hydrogens (tertiary/aromatic N) is 1. The molecule has 0 aromatic heterocycles. The Morgan fingerprint density at radius 3 is 2.59 bits per heavy atom. The van der Waals surface area contributed by atoms with E-state index in [-0.39, 0.29) is 0 Å². The lowest BCUT2D eigenvalue weighted by atomic mass is 9.94. The minimum atomic E-state index is -2.23. The molecule has 0 saturated carbocycles. The molecule has 1 nitrogen and oxygen atoms in total. The van der Waals surface area contributed by atoms with Gasteiger partial charge in [-0.3, -0.25) is 4.90 Å². The third kappa shape index (κ3) is 3.25. The molecular formula is C14H19F2N. The van der Waals surface area contributed by atoms with E-state index in [9.17, 15) is 8.78 Å². The highest BCUT2D eigenvalue weighted by molar-refractivity contribution is 5.14. The monoisotopic (exact) mass is 239 g/mol. The van der Waals surface area contributed by atoms with Gasteiger partial charge in [-0.05, 0) is 24.3 Å². The van der Waals surface area contributed by atoms with Crippen LogP contribution < -0.4 is 0 Å². The molecule has 2 atom stereocenters. The number of likely N-dealkylation sites (tertiary alicyclic amines) is 1. The van der Waals surface area contributed by atoms with Crippen molar-refractivity contribution in [1.29, 1.82) is 0 Å². The Hall–Kier alpha value is -0.960.